The first-order valence-electron chi connectivity index (χ1n) is 10.1. The lowest BCUT2D eigenvalue weighted by Crippen LogP contribution is -2.36. The van der Waals surface area contributed by atoms with E-state index in [1.807, 2.05) is 78.5 Å². The molecule has 7 heteroatoms. The molecule has 2 aromatic carbocycles. The molecule has 31 heavy (non-hydrogen) atoms. The summed E-state index contributed by atoms with van der Waals surface area (Å²) in [6.07, 6.45) is 4.70. The summed E-state index contributed by atoms with van der Waals surface area (Å²) in [4.78, 5) is 15.4. The van der Waals surface area contributed by atoms with E-state index < -0.39 is 0 Å². The van der Waals surface area contributed by atoms with Crippen LogP contribution in [0.4, 0.5) is 0 Å². The fourth-order valence-corrected chi connectivity index (χ4v) is 4.82. The number of benzene rings is 2. The SMILES string of the molecule is CCC(C)N1C(=O)/C(=C/c2cn(-c3ccccc3)nc2-c2ccc(OC)cc2)SC1=S. The fraction of sp³-hybridized carbons (Fsp3) is 0.208. The number of hydrogen-bond donors (Lipinski definition) is 0. The van der Waals surface area contributed by atoms with Crippen molar-refractivity contribution in [2.24, 2.45) is 0 Å². The maximum atomic E-state index is 13.0. The van der Waals surface area contributed by atoms with Gasteiger partial charge in [0.25, 0.3) is 5.91 Å². The Kier molecular flexibility index (Phi) is 6.25. The van der Waals surface area contributed by atoms with Crippen LogP contribution in [0.25, 0.3) is 23.0 Å². The number of nitrogens with zero attached hydrogens (tertiary/aromatic N) is 3. The van der Waals surface area contributed by atoms with Gasteiger partial charge in [-0.1, -0.05) is 49.1 Å². The highest BCUT2D eigenvalue weighted by Gasteiger charge is 2.35. The molecule has 1 fully saturated rings. The number of para-hydroxylation sites is 1. The average molecular weight is 450 g/mol. The van der Waals surface area contributed by atoms with Gasteiger partial charge in [-0.05, 0) is 55.8 Å². The van der Waals surface area contributed by atoms with Crippen LogP contribution in [-0.2, 0) is 4.79 Å². The quantitative estimate of drug-likeness (QED) is 0.365. The van der Waals surface area contributed by atoms with Crippen LogP contribution < -0.4 is 4.74 Å². The molecular weight excluding hydrogens is 426 g/mol. The molecule has 1 saturated heterocycles. The highest BCUT2D eigenvalue weighted by atomic mass is 32.2. The molecule has 2 heterocycles. The van der Waals surface area contributed by atoms with Gasteiger partial charge in [-0.25, -0.2) is 4.68 Å². The van der Waals surface area contributed by atoms with Crippen molar-refractivity contribution in [1.29, 1.82) is 0 Å². The van der Waals surface area contributed by atoms with Crippen LogP contribution in [0, 0.1) is 0 Å². The van der Waals surface area contributed by atoms with Crippen molar-refractivity contribution in [2.45, 2.75) is 26.3 Å². The van der Waals surface area contributed by atoms with Gasteiger partial charge in [0.05, 0.1) is 23.4 Å². The molecule has 5 nitrogen and oxygen atoms in total. The van der Waals surface area contributed by atoms with Crippen LogP contribution in [0.1, 0.15) is 25.8 Å². The standard InChI is InChI=1S/C24H23N3O2S2/c1-4-16(2)27-23(28)21(31-24(27)30)14-18-15-26(19-8-6-5-7-9-19)25-22(18)17-10-12-20(29-3)13-11-17/h5-16H,4H2,1-3H3/b21-14-. The number of methoxy groups -OCH3 is 1. The zero-order valence-electron chi connectivity index (χ0n) is 17.6. The van der Waals surface area contributed by atoms with E-state index in [9.17, 15) is 4.79 Å². The van der Waals surface area contributed by atoms with E-state index in [0.717, 1.165) is 34.7 Å². The smallest absolute Gasteiger partial charge is 0.266 e. The first-order valence-corrected chi connectivity index (χ1v) is 11.3. The molecule has 0 saturated carbocycles. The average Bonchev–Trinajstić information content (AvgIpc) is 3.34. The van der Waals surface area contributed by atoms with Gasteiger partial charge >= 0.3 is 0 Å². The molecule has 0 bridgehead atoms. The summed E-state index contributed by atoms with van der Waals surface area (Å²) >= 11 is 6.83. The van der Waals surface area contributed by atoms with Gasteiger partial charge in [-0.2, -0.15) is 5.10 Å². The maximum absolute atomic E-state index is 13.0. The minimum atomic E-state index is -0.0440. The van der Waals surface area contributed by atoms with Gasteiger partial charge in [-0.15, -0.1) is 0 Å². The Morgan fingerprint density at radius 3 is 2.52 bits per heavy atom. The Labute approximate surface area is 191 Å². The molecular formula is C24H23N3O2S2. The molecule has 1 aromatic heterocycles. The zero-order valence-corrected chi connectivity index (χ0v) is 19.2. The number of amides is 1. The van der Waals surface area contributed by atoms with Crippen molar-refractivity contribution in [3.63, 3.8) is 0 Å². The highest BCUT2D eigenvalue weighted by molar-refractivity contribution is 8.26. The summed E-state index contributed by atoms with van der Waals surface area (Å²) in [6, 6.07) is 17.7. The Hall–Kier alpha value is -2.90. The van der Waals surface area contributed by atoms with Gasteiger partial charge in [0.15, 0.2) is 0 Å². The van der Waals surface area contributed by atoms with E-state index in [2.05, 4.69) is 6.92 Å². The Morgan fingerprint density at radius 2 is 1.87 bits per heavy atom. The van der Waals surface area contributed by atoms with E-state index in [0.29, 0.717) is 9.23 Å². The number of aromatic nitrogens is 2. The maximum Gasteiger partial charge on any atom is 0.266 e. The van der Waals surface area contributed by atoms with Gasteiger partial charge in [-0.3, -0.25) is 9.69 Å². The lowest BCUT2D eigenvalue weighted by molar-refractivity contribution is -0.123. The molecule has 0 radical (unpaired) electrons. The van der Waals surface area contributed by atoms with Gasteiger partial charge < -0.3 is 4.74 Å². The molecule has 1 aliphatic rings. The largest absolute Gasteiger partial charge is 0.497 e. The second-order valence-electron chi connectivity index (χ2n) is 7.25. The third-order valence-corrected chi connectivity index (χ3v) is 6.60. The number of carbonyl (C=O) groups is 1. The number of rotatable bonds is 6. The predicted octanol–water partition coefficient (Wildman–Crippen LogP) is 5.55. The molecule has 0 spiro atoms. The molecule has 0 N–H and O–H groups in total. The molecule has 3 aromatic rings. The molecule has 0 aliphatic carbocycles. The summed E-state index contributed by atoms with van der Waals surface area (Å²) < 4.78 is 7.72. The first-order chi connectivity index (χ1) is 15.0. The second-order valence-corrected chi connectivity index (χ2v) is 8.93. The second kappa shape index (κ2) is 9.08. The van der Waals surface area contributed by atoms with Crippen molar-refractivity contribution in [3.8, 4) is 22.7 Å². The number of hydrogen-bond acceptors (Lipinski definition) is 5. The van der Waals surface area contributed by atoms with Gasteiger partial charge in [0, 0.05) is 23.4 Å². The minimum Gasteiger partial charge on any atom is -0.497 e. The molecule has 158 valence electrons. The van der Waals surface area contributed by atoms with Crippen molar-refractivity contribution in [1.82, 2.24) is 14.7 Å². The van der Waals surface area contributed by atoms with Crippen LogP contribution >= 0.6 is 24.0 Å². The topological polar surface area (TPSA) is 47.4 Å². The summed E-state index contributed by atoms with van der Waals surface area (Å²) in [5, 5.41) is 4.83. The summed E-state index contributed by atoms with van der Waals surface area (Å²) in [6.45, 7) is 4.07. The third kappa shape index (κ3) is 4.29. The fourth-order valence-electron chi connectivity index (χ4n) is 3.36. The van der Waals surface area contributed by atoms with Gasteiger partial charge in [0.1, 0.15) is 10.1 Å². The monoisotopic (exact) mass is 449 g/mol. The summed E-state index contributed by atoms with van der Waals surface area (Å²) in [7, 11) is 1.64. The molecule has 4 rings (SSSR count). The first kappa shape index (κ1) is 21.3. The number of carbonyl (C=O) groups excluding carboxylic acids is 1. The van der Waals surface area contributed by atoms with E-state index >= 15 is 0 Å². The normalized spacial score (nSPS) is 16.2. The molecule has 1 amide bonds. The highest BCUT2D eigenvalue weighted by Crippen LogP contribution is 2.36. The third-order valence-electron chi connectivity index (χ3n) is 5.27. The Bertz CT molecular complexity index is 1140. The van der Waals surface area contributed by atoms with Crippen LogP contribution in [0.3, 0.4) is 0 Å². The van der Waals surface area contributed by atoms with Crippen molar-refractivity contribution < 1.29 is 9.53 Å². The van der Waals surface area contributed by atoms with Crippen LogP contribution in [-0.4, -0.2) is 38.1 Å². The van der Waals surface area contributed by atoms with Crippen molar-refractivity contribution in [2.75, 3.05) is 7.11 Å². The van der Waals surface area contributed by atoms with Crippen LogP contribution in [0.2, 0.25) is 0 Å². The zero-order chi connectivity index (χ0) is 22.0. The lowest BCUT2D eigenvalue weighted by Gasteiger charge is -2.21. The van der Waals surface area contributed by atoms with E-state index in [1.54, 1.807) is 12.0 Å². The Morgan fingerprint density at radius 1 is 1.16 bits per heavy atom. The van der Waals surface area contributed by atoms with Crippen molar-refractivity contribution >= 4 is 40.3 Å². The number of thioether (sulfide) groups is 1. The molecule has 1 atom stereocenters. The minimum absolute atomic E-state index is 0.0440. The van der Waals surface area contributed by atoms with E-state index in [4.69, 9.17) is 22.1 Å². The van der Waals surface area contributed by atoms with E-state index in [1.165, 1.54) is 11.8 Å². The predicted molar refractivity (Wildman–Crippen MR) is 130 cm³/mol. The Balaban J connectivity index is 1.79. The van der Waals surface area contributed by atoms with Crippen LogP contribution in [0.5, 0.6) is 5.75 Å². The molecule has 1 aliphatic heterocycles. The van der Waals surface area contributed by atoms with E-state index in [-0.39, 0.29) is 11.9 Å². The van der Waals surface area contributed by atoms with Gasteiger partial charge in [0.2, 0.25) is 0 Å². The number of ether oxygens (including phenoxy) is 1. The number of thiocarbonyl (C=S) groups is 1. The van der Waals surface area contributed by atoms with Crippen LogP contribution in [0.15, 0.2) is 65.7 Å². The van der Waals surface area contributed by atoms with Crippen molar-refractivity contribution in [3.05, 3.63) is 71.3 Å². The summed E-state index contributed by atoms with van der Waals surface area (Å²) in [5.41, 5.74) is 3.54. The molecule has 1 unspecified atom stereocenters. The summed E-state index contributed by atoms with van der Waals surface area (Å²) in [5.74, 6) is 0.736. The lowest BCUT2D eigenvalue weighted by atomic mass is 10.1.